The van der Waals surface area contributed by atoms with Gasteiger partial charge < -0.3 is 18.9 Å². The number of carbonyl (C=O) groups is 3. The zero-order chi connectivity index (χ0) is 20.1. The van der Waals surface area contributed by atoms with Gasteiger partial charge >= 0.3 is 5.97 Å². The second kappa shape index (κ2) is 8.81. The molecule has 1 fully saturated rings. The lowest BCUT2D eigenvalue weighted by molar-refractivity contribution is -0.150. The number of nitrogens with zero attached hydrogens (tertiary/aromatic N) is 1. The van der Waals surface area contributed by atoms with E-state index in [1.54, 1.807) is 19.1 Å². The van der Waals surface area contributed by atoms with Gasteiger partial charge in [0.05, 0.1) is 38.4 Å². The maximum Gasteiger partial charge on any atom is 0.329 e. The van der Waals surface area contributed by atoms with Crippen molar-refractivity contribution in [1.29, 1.82) is 0 Å². The van der Waals surface area contributed by atoms with Crippen LogP contribution in [0.5, 0.6) is 17.2 Å². The number of amides is 2. The third-order valence-corrected chi connectivity index (χ3v) is 4.75. The van der Waals surface area contributed by atoms with Crippen LogP contribution >= 0.6 is 11.8 Å². The van der Waals surface area contributed by atoms with Crippen LogP contribution in [0.3, 0.4) is 0 Å². The van der Waals surface area contributed by atoms with E-state index in [9.17, 15) is 14.4 Å². The van der Waals surface area contributed by atoms with Crippen LogP contribution in [-0.2, 0) is 14.3 Å². The molecule has 0 aromatic heterocycles. The monoisotopic (exact) mass is 395 g/mol. The molecule has 1 aliphatic heterocycles. The van der Waals surface area contributed by atoms with Crippen molar-refractivity contribution in [3.8, 4) is 17.2 Å². The van der Waals surface area contributed by atoms with Gasteiger partial charge in [-0.3, -0.25) is 14.5 Å². The van der Waals surface area contributed by atoms with Crippen molar-refractivity contribution in [2.45, 2.75) is 19.9 Å². The first-order valence-electron chi connectivity index (χ1n) is 8.11. The van der Waals surface area contributed by atoms with Gasteiger partial charge in [-0.25, -0.2) is 4.79 Å². The Labute approximate surface area is 161 Å². The van der Waals surface area contributed by atoms with E-state index >= 15 is 0 Å². The topological polar surface area (TPSA) is 91.4 Å². The molecule has 0 saturated carbocycles. The summed E-state index contributed by atoms with van der Waals surface area (Å²) in [5.74, 6) is 0.129. The summed E-state index contributed by atoms with van der Waals surface area (Å²) in [5, 5.41) is -0.543. The van der Waals surface area contributed by atoms with Crippen LogP contribution in [0.1, 0.15) is 19.4 Å². The minimum absolute atomic E-state index is 0.151. The van der Waals surface area contributed by atoms with E-state index in [1.807, 2.05) is 0 Å². The molecule has 1 heterocycles. The highest BCUT2D eigenvalue weighted by atomic mass is 32.2. The predicted molar refractivity (Wildman–Crippen MR) is 100 cm³/mol. The minimum atomic E-state index is -1.01. The molecule has 8 nitrogen and oxygen atoms in total. The molecule has 1 aromatic rings. The van der Waals surface area contributed by atoms with Crippen molar-refractivity contribution < 1.29 is 33.3 Å². The van der Waals surface area contributed by atoms with Crippen molar-refractivity contribution in [3.63, 3.8) is 0 Å². The summed E-state index contributed by atoms with van der Waals surface area (Å²) < 4.78 is 20.8. The summed E-state index contributed by atoms with van der Waals surface area (Å²) >= 11 is 0.737. The quantitative estimate of drug-likeness (QED) is 0.514. The van der Waals surface area contributed by atoms with E-state index in [1.165, 1.54) is 34.3 Å². The average molecular weight is 395 g/mol. The molecule has 1 aliphatic rings. The lowest BCUT2D eigenvalue weighted by Crippen LogP contribution is -2.42. The van der Waals surface area contributed by atoms with E-state index in [0.717, 1.165) is 16.7 Å². The van der Waals surface area contributed by atoms with E-state index in [4.69, 9.17) is 18.9 Å². The van der Waals surface area contributed by atoms with Gasteiger partial charge in [-0.2, -0.15) is 0 Å². The van der Waals surface area contributed by atoms with Crippen LogP contribution in [0.15, 0.2) is 17.0 Å². The van der Waals surface area contributed by atoms with Gasteiger partial charge in [0.1, 0.15) is 23.3 Å². The van der Waals surface area contributed by atoms with E-state index in [2.05, 4.69) is 0 Å². The van der Waals surface area contributed by atoms with Gasteiger partial charge in [0.2, 0.25) is 0 Å². The summed E-state index contributed by atoms with van der Waals surface area (Å²) in [4.78, 5) is 37.9. The summed E-state index contributed by atoms with van der Waals surface area (Å²) in [6, 6.07) is 2.27. The highest BCUT2D eigenvalue weighted by Gasteiger charge is 2.41. The molecule has 1 aromatic carbocycles. The normalized spacial score (nSPS) is 16.5. The third kappa shape index (κ3) is 4.19. The second-order valence-corrected chi connectivity index (χ2v) is 6.42. The Bertz CT molecular complexity index is 765. The molecular formula is C18H21NO7S. The Morgan fingerprint density at radius 2 is 1.74 bits per heavy atom. The Morgan fingerprint density at radius 3 is 2.22 bits per heavy atom. The molecule has 0 unspecified atom stereocenters. The second-order valence-electron chi connectivity index (χ2n) is 5.43. The SMILES string of the molecule is CCOC(=O)[C@@H](C)N1C(=O)S/C(=C/c2c(OC)cc(OC)cc2OC)C1=O. The van der Waals surface area contributed by atoms with Crippen LogP contribution in [0.4, 0.5) is 4.79 Å². The highest BCUT2D eigenvalue weighted by Crippen LogP contribution is 2.40. The number of benzene rings is 1. The molecule has 0 N–H and O–H groups in total. The van der Waals surface area contributed by atoms with Gasteiger partial charge in [-0.05, 0) is 31.7 Å². The summed E-state index contributed by atoms with van der Waals surface area (Å²) in [6.45, 7) is 3.27. The molecule has 146 valence electrons. The number of carbonyl (C=O) groups excluding carboxylic acids is 3. The average Bonchev–Trinajstić information content (AvgIpc) is 2.94. The number of ether oxygens (including phenoxy) is 4. The number of esters is 1. The minimum Gasteiger partial charge on any atom is -0.496 e. The zero-order valence-electron chi connectivity index (χ0n) is 15.7. The lowest BCUT2D eigenvalue weighted by Gasteiger charge is -2.19. The molecule has 0 bridgehead atoms. The number of imide groups is 1. The molecular weight excluding hydrogens is 374 g/mol. The molecule has 1 saturated heterocycles. The smallest absolute Gasteiger partial charge is 0.329 e. The third-order valence-electron chi connectivity index (χ3n) is 3.87. The zero-order valence-corrected chi connectivity index (χ0v) is 16.5. The van der Waals surface area contributed by atoms with Crippen molar-refractivity contribution in [3.05, 3.63) is 22.6 Å². The summed E-state index contributed by atoms with van der Waals surface area (Å²) in [5.41, 5.74) is 0.482. The number of hydrogen-bond donors (Lipinski definition) is 0. The standard InChI is InChI=1S/C18H21NO7S/c1-6-26-17(21)10(2)19-16(20)15(27-18(19)22)9-12-13(24-4)7-11(23-3)8-14(12)25-5/h7-10H,6H2,1-5H3/b15-9+/t10-/m1/s1. The van der Waals surface area contributed by atoms with E-state index < -0.39 is 23.2 Å². The number of hydrogen-bond acceptors (Lipinski definition) is 8. The summed E-state index contributed by atoms with van der Waals surface area (Å²) in [7, 11) is 4.45. The lowest BCUT2D eigenvalue weighted by atomic mass is 10.1. The van der Waals surface area contributed by atoms with E-state index in [-0.39, 0.29) is 11.5 Å². The van der Waals surface area contributed by atoms with Gasteiger partial charge in [-0.1, -0.05) is 0 Å². The molecule has 2 amide bonds. The number of rotatable bonds is 7. The van der Waals surface area contributed by atoms with Gasteiger partial charge in [0.25, 0.3) is 11.1 Å². The van der Waals surface area contributed by atoms with Crippen LogP contribution in [0.2, 0.25) is 0 Å². The van der Waals surface area contributed by atoms with Crippen LogP contribution in [0, 0.1) is 0 Å². The molecule has 0 aliphatic carbocycles. The summed E-state index contributed by atoms with van der Waals surface area (Å²) in [6.07, 6.45) is 1.50. The van der Waals surface area contributed by atoms with Crippen LogP contribution in [-0.4, -0.2) is 56.0 Å². The predicted octanol–water partition coefficient (Wildman–Crippen LogP) is 2.70. The molecule has 1 atom stereocenters. The molecule has 0 spiro atoms. The Hall–Kier alpha value is -2.68. The highest BCUT2D eigenvalue weighted by molar-refractivity contribution is 8.18. The Balaban J connectivity index is 2.42. The van der Waals surface area contributed by atoms with Gasteiger partial charge in [-0.15, -0.1) is 0 Å². The fourth-order valence-corrected chi connectivity index (χ4v) is 3.38. The molecule has 2 rings (SSSR count). The van der Waals surface area contributed by atoms with Crippen molar-refractivity contribution in [1.82, 2.24) is 4.90 Å². The first-order valence-corrected chi connectivity index (χ1v) is 8.93. The van der Waals surface area contributed by atoms with Crippen molar-refractivity contribution in [2.75, 3.05) is 27.9 Å². The van der Waals surface area contributed by atoms with Crippen LogP contribution < -0.4 is 14.2 Å². The molecule has 0 radical (unpaired) electrons. The largest absolute Gasteiger partial charge is 0.496 e. The Kier molecular flexibility index (Phi) is 6.73. The number of methoxy groups -OCH3 is 3. The maximum atomic E-state index is 12.7. The first kappa shape index (κ1) is 20.6. The molecule has 9 heteroatoms. The van der Waals surface area contributed by atoms with Crippen molar-refractivity contribution >= 4 is 35.0 Å². The fraction of sp³-hybridized carbons (Fsp3) is 0.389. The van der Waals surface area contributed by atoms with Crippen molar-refractivity contribution in [2.24, 2.45) is 0 Å². The first-order chi connectivity index (χ1) is 12.9. The Morgan fingerprint density at radius 1 is 1.15 bits per heavy atom. The maximum absolute atomic E-state index is 12.7. The van der Waals surface area contributed by atoms with Gasteiger partial charge in [0, 0.05) is 12.1 Å². The number of thioether (sulfide) groups is 1. The van der Waals surface area contributed by atoms with Crippen LogP contribution in [0.25, 0.3) is 6.08 Å². The van der Waals surface area contributed by atoms with E-state index in [0.29, 0.717) is 22.8 Å². The molecule has 27 heavy (non-hydrogen) atoms. The fourth-order valence-electron chi connectivity index (χ4n) is 2.49. The van der Waals surface area contributed by atoms with Gasteiger partial charge in [0.15, 0.2) is 0 Å².